The van der Waals surface area contributed by atoms with Crippen molar-refractivity contribution in [3.05, 3.63) is 11.6 Å². The number of carbonyl (C=O) groups is 1. The lowest BCUT2D eigenvalue weighted by atomic mass is 9.41. The molecule has 6 nitrogen and oxygen atoms in total. The third kappa shape index (κ3) is 3.95. The minimum absolute atomic E-state index is 0.0761. The Hall–Kier alpha value is -0.950. The third-order valence-corrected chi connectivity index (χ3v) is 9.41. The first kappa shape index (κ1) is 24.2. The Morgan fingerprint density at radius 3 is 2.31 bits per heavy atom. The lowest BCUT2D eigenvalue weighted by Crippen LogP contribution is -2.68. The normalized spacial score (nSPS) is 43.9. The summed E-state index contributed by atoms with van der Waals surface area (Å²) in [6, 6.07) is 0.536. The van der Waals surface area contributed by atoms with Crippen LogP contribution in [0.15, 0.2) is 11.6 Å². The maximum Gasteiger partial charge on any atom is 0.309 e. The molecule has 4 fully saturated rings. The van der Waals surface area contributed by atoms with E-state index in [0.29, 0.717) is 12.5 Å². The molecular weight excluding hydrogens is 406 g/mol. The van der Waals surface area contributed by atoms with Gasteiger partial charge in [-0.1, -0.05) is 39.0 Å². The van der Waals surface area contributed by atoms with E-state index in [1.54, 1.807) is 13.8 Å². The second-order valence-corrected chi connectivity index (χ2v) is 12.2. The average molecular weight is 450 g/mol. The fourth-order valence-electron chi connectivity index (χ4n) is 7.80. The number of carboxylic acid groups (broad SMARTS) is 1. The second-order valence-electron chi connectivity index (χ2n) is 12.2. The van der Waals surface area contributed by atoms with Gasteiger partial charge in [0.1, 0.15) is 11.7 Å². The average Bonchev–Trinajstić information content (AvgIpc) is 2.73. The highest BCUT2D eigenvalue weighted by molar-refractivity contribution is 5.75. The maximum absolute atomic E-state index is 12.3. The number of carboxylic acids is 1. The minimum atomic E-state index is -0.990. The fraction of sp³-hybridized carbons (Fsp3) is 0.885. The van der Waals surface area contributed by atoms with Crippen molar-refractivity contribution in [3.63, 3.8) is 0 Å². The summed E-state index contributed by atoms with van der Waals surface area (Å²) in [4.78, 5) is 23.9. The highest BCUT2D eigenvalue weighted by atomic mass is 17.2. The first-order valence-electron chi connectivity index (χ1n) is 12.7. The van der Waals surface area contributed by atoms with E-state index in [1.807, 2.05) is 13.0 Å². The predicted octanol–water partition coefficient (Wildman–Crippen LogP) is 4.74. The number of aliphatic hydroxyl groups is 1. The number of rotatable bonds is 2. The van der Waals surface area contributed by atoms with Crippen LogP contribution in [0, 0.1) is 22.7 Å². The van der Waals surface area contributed by atoms with Crippen LogP contribution >= 0.6 is 0 Å². The predicted molar refractivity (Wildman–Crippen MR) is 123 cm³/mol. The van der Waals surface area contributed by atoms with E-state index in [-0.39, 0.29) is 23.4 Å². The van der Waals surface area contributed by atoms with E-state index >= 15 is 0 Å². The molecule has 2 aliphatic heterocycles. The Kier molecular flexibility index (Phi) is 6.32. The molecule has 0 radical (unpaired) electrons. The molecule has 4 N–H and O–H groups in total. The Balaban J connectivity index is 0.000000300. The molecule has 0 aromatic carbocycles. The van der Waals surface area contributed by atoms with Gasteiger partial charge in [-0.2, -0.15) is 0 Å². The molecule has 2 heterocycles. The van der Waals surface area contributed by atoms with E-state index in [0.717, 1.165) is 37.7 Å². The van der Waals surface area contributed by atoms with Crippen LogP contribution in [0.25, 0.3) is 0 Å². The zero-order valence-corrected chi connectivity index (χ0v) is 20.4. The zero-order chi connectivity index (χ0) is 23.4. The third-order valence-electron chi connectivity index (χ3n) is 9.41. The van der Waals surface area contributed by atoms with Crippen molar-refractivity contribution in [2.24, 2.45) is 28.4 Å². The van der Waals surface area contributed by atoms with Gasteiger partial charge in [-0.05, 0) is 82.3 Å². The van der Waals surface area contributed by atoms with Gasteiger partial charge >= 0.3 is 5.97 Å². The minimum Gasteiger partial charge on any atom is -0.481 e. The number of nitrogens with two attached hydrogens (primary N) is 1. The SMILES string of the molecule is CC(C)(O)C1=CC23CC(C)(C(=O)O)C4CCCCC4(C)C2CC1OO3.NC1CCCCC1. The van der Waals surface area contributed by atoms with Gasteiger partial charge in [-0.15, -0.1) is 0 Å². The van der Waals surface area contributed by atoms with Gasteiger partial charge in [0, 0.05) is 12.0 Å². The molecule has 1 spiro atoms. The van der Waals surface area contributed by atoms with Crippen molar-refractivity contribution >= 4 is 5.97 Å². The molecule has 0 amide bonds. The standard InChI is InChI=1S/C20H30O5.C6H13N/c1-17(2,23)12-10-20-11-19(4,16(21)22)14-7-5-6-8-18(14,3)15(20)9-13(12)24-25-20;7-6-4-2-1-3-5-6/h10,13-15,23H,5-9,11H2,1-4H3,(H,21,22);6H,1-5,7H2. The number of hydrogen-bond donors (Lipinski definition) is 3. The van der Waals surface area contributed by atoms with Crippen molar-refractivity contribution in [2.75, 3.05) is 0 Å². The van der Waals surface area contributed by atoms with Crippen LogP contribution in [0.3, 0.4) is 0 Å². The van der Waals surface area contributed by atoms with Gasteiger partial charge in [0.2, 0.25) is 0 Å². The van der Waals surface area contributed by atoms with E-state index in [4.69, 9.17) is 15.5 Å². The molecule has 6 atom stereocenters. The zero-order valence-electron chi connectivity index (χ0n) is 20.4. The molecular formula is C26H43NO5. The van der Waals surface area contributed by atoms with E-state index in [2.05, 4.69) is 6.92 Å². The smallest absolute Gasteiger partial charge is 0.309 e. The summed E-state index contributed by atoms with van der Waals surface area (Å²) in [7, 11) is 0. The first-order valence-corrected chi connectivity index (χ1v) is 12.7. The molecule has 6 unspecified atom stereocenters. The highest BCUT2D eigenvalue weighted by Crippen LogP contribution is 2.68. The lowest BCUT2D eigenvalue weighted by Gasteiger charge is -2.66. The van der Waals surface area contributed by atoms with Gasteiger partial charge in [-0.3, -0.25) is 4.79 Å². The molecule has 0 aromatic rings. The number of fused-ring (bicyclic) bond motifs is 2. The quantitative estimate of drug-likeness (QED) is 0.416. The van der Waals surface area contributed by atoms with Crippen molar-refractivity contribution < 1.29 is 24.8 Å². The Labute approximate surface area is 192 Å². The van der Waals surface area contributed by atoms with Crippen molar-refractivity contribution in [1.82, 2.24) is 0 Å². The Morgan fingerprint density at radius 1 is 1.09 bits per heavy atom. The summed E-state index contributed by atoms with van der Waals surface area (Å²) in [6.07, 6.45) is 13.9. The second kappa shape index (κ2) is 8.37. The molecule has 3 saturated carbocycles. The van der Waals surface area contributed by atoms with Gasteiger partial charge in [0.15, 0.2) is 0 Å². The summed E-state index contributed by atoms with van der Waals surface area (Å²) < 4.78 is 0. The van der Waals surface area contributed by atoms with Crippen LogP contribution < -0.4 is 5.73 Å². The topological polar surface area (TPSA) is 102 Å². The summed E-state index contributed by atoms with van der Waals surface area (Å²) in [5.41, 5.74) is 3.81. The molecule has 6 rings (SSSR count). The number of aliphatic carboxylic acids is 1. The molecule has 6 aliphatic rings. The monoisotopic (exact) mass is 449 g/mol. The largest absolute Gasteiger partial charge is 0.481 e. The van der Waals surface area contributed by atoms with Crippen LogP contribution in [-0.4, -0.2) is 39.5 Å². The van der Waals surface area contributed by atoms with Crippen LogP contribution in [0.5, 0.6) is 0 Å². The Morgan fingerprint density at radius 2 is 1.75 bits per heavy atom. The fourth-order valence-corrected chi connectivity index (χ4v) is 7.80. The molecule has 32 heavy (non-hydrogen) atoms. The van der Waals surface area contributed by atoms with Crippen LogP contribution in [-0.2, 0) is 14.6 Å². The van der Waals surface area contributed by atoms with Crippen molar-refractivity contribution in [2.45, 2.75) is 122 Å². The molecule has 6 heteroatoms. The summed E-state index contributed by atoms with van der Waals surface area (Å²) in [6.45, 7) is 7.68. The van der Waals surface area contributed by atoms with Crippen molar-refractivity contribution in [1.29, 1.82) is 0 Å². The number of hydrogen-bond acceptors (Lipinski definition) is 5. The summed E-state index contributed by atoms with van der Waals surface area (Å²) in [5.74, 6) is -0.348. The highest BCUT2D eigenvalue weighted by Gasteiger charge is 2.69. The molecule has 2 bridgehead atoms. The maximum atomic E-state index is 12.3. The van der Waals surface area contributed by atoms with Crippen molar-refractivity contribution in [3.8, 4) is 0 Å². The lowest BCUT2D eigenvalue weighted by molar-refractivity contribution is -0.440. The van der Waals surface area contributed by atoms with Gasteiger partial charge in [-0.25, -0.2) is 9.78 Å². The van der Waals surface area contributed by atoms with Gasteiger partial charge in [0.05, 0.1) is 11.0 Å². The van der Waals surface area contributed by atoms with Gasteiger partial charge in [0.25, 0.3) is 0 Å². The summed E-state index contributed by atoms with van der Waals surface area (Å²) in [5, 5.41) is 20.7. The Bertz CT molecular complexity index is 754. The van der Waals surface area contributed by atoms with Crippen LogP contribution in [0.4, 0.5) is 0 Å². The first-order chi connectivity index (χ1) is 14.9. The van der Waals surface area contributed by atoms with Crippen LogP contribution in [0.2, 0.25) is 0 Å². The molecule has 4 aliphatic carbocycles. The summed E-state index contributed by atoms with van der Waals surface area (Å²) >= 11 is 0. The van der Waals surface area contributed by atoms with E-state index < -0.39 is 22.6 Å². The van der Waals surface area contributed by atoms with Crippen LogP contribution in [0.1, 0.15) is 98.3 Å². The van der Waals surface area contributed by atoms with E-state index in [9.17, 15) is 15.0 Å². The van der Waals surface area contributed by atoms with E-state index in [1.165, 1.54) is 32.1 Å². The molecule has 0 aromatic heterocycles. The van der Waals surface area contributed by atoms with Gasteiger partial charge < -0.3 is 15.9 Å². The molecule has 182 valence electrons. The molecule has 1 saturated heterocycles.